The lowest BCUT2D eigenvalue weighted by Gasteiger charge is -2.26. The monoisotopic (exact) mass is 467 g/mol. The van der Waals surface area contributed by atoms with Gasteiger partial charge in [0.05, 0.1) is 29.6 Å². The van der Waals surface area contributed by atoms with Crippen LogP contribution in [-0.2, 0) is 30.8 Å². The van der Waals surface area contributed by atoms with Gasteiger partial charge in [0.2, 0.25) is 21.8 Å². The smallest absolute Gasteiger partial charge is 0.243 e. The molecule has 0 spiro atoms. The van der Waals surface area contributed by atoms with E-state index < -0.39 is 10.0 Å². The zero-order valence-corrected chi connectivity index (χ0v) is 19.3. The second-order valence-corrected chi connectivity index (χ2v) is 11.0. The summed E-state index contributed by atoms with van der Waals surface area (Å²) in [5.74, 6) is 0.489. The molecule has 2 amide bonds. The summed E-state index contributed by atoms with van der Waals surface area (Å²) in [5.41, 5.74) is 1.67. The summed E-state index contributed by atoms with van der Waals surface area (Å²) in [5, 5.41) is 0. The van der Waals surface area contributed by atoms with Crippen molar-refractivity contribution < 1.29 is 22.7 Å². The lowest BCUT2D eigenvalue weighted by Crippen LogP contribution is -2.41. The Hall–Kier alpha value is -1.62. The van der Waals surface area contributed by atoms with Crippen molar-refractivity contribution in [1.82, 2.24) is 9.21 Å². The van der Waals surface area contributed by atoms with Crippen LogP contribution in [0.25, 0.3) is 0 Å². The number of thioether (sulfide) groups is 1. The van der Waals surface area contributed by atoms with Crippen LogP contribution < -0.4 is 4.90 Å². The maximum atomic E-state index is 12.9. The van der Waals surface area contributed by atoms with Gasteiger partial charge in [-0.25, -0.2) is 8.42 Å². The van der Waals surface area contributed by atoms with Gasteiger partial charge in [0.25, 0.3) is 0 Å². The molecule has 2 fully saturated rings. The predicted molar refractivity (Wildman–Crippen MR) is 120 cm³/mol. The molecule has 0 N–H and O–H groups in total. The van der Waals surface area contributed by atoms with Crippen LogP contribution in [0.15, 0.2) is 23.1 Å². The summed E-state index contributed by atoms with van der Waals surface area (Å²) < 4.78 is 32.7. The Kier molecular flexibility index (Phi) is 7.20. The highest BCUT2D eigenvalue weighted by Crippen LogP contribution is 2.32. The first-order valence-corrected chi connectivity index (χ1v) is 13.4. The van der Waals surface area contributed by atoms with E-state index in [2.05, 4.69) is 0 Å². The molecule has 0 bridgehead atoms. The van der Waals surface area contributed by atoms with E-state index in [0.717, 1.165) is 30.5 Å². The standard InChI is InChI=1S/C21H29N3O5S2/c25-20(22-10-12-29-13-11-22)15-30-16-21(26)24-9-6-17-14-18(4-5-19(17)24)31(27,28)23-7-2-1-3-8-23/h4-5,14H,1-3,6-13,15-16H2. The summed E-state index contributed by atoms with van der Waals surface area (Å²) in [4.78, 5) is 28.7. The van der Waals surface area contributed by atoms with Gasteiger partial charge >= 0.3 is 0 Å². The predicted octanol–water partition coefficient (Wildman–Crippen LogP) is 1.34. The first kappa shape index (κ1) is 22.6. The van der Waals surface area contributed by atoms with Crippen molar-refractivity contribution in [3.05, 3.63) is 23.8 Å². The Morgan fingerprint density at radius 2 is 1.65 bits per heavy atom. The van der Waals surface area contributed by atoms with Crippen LogP contribution in [0.3, 0.4) is 0 Å². The van der Waals surface area contributed by atoms with Gasteiger partial charge in [0.15, 0.2) is 0 Å². The number of carbonyl (C=O) groups excluding carboxylic acids is 2. The third-order valence-corrected chi connectivity index (χ3v) is 8.81. The number of sulfonamides is 1. The number of nitrogens with zero attached hydrogens (tertiary/aromatic N) is 3. The van der Waals surface area contributed by atoms with Crippen LogP contribution in [0.4, 0.5) is 5.69 Å². The van der Waals surface area contributed by atoms with Crippen LogP contribution in [0.5, 0.6) is 0 Å². The van der Waals surface area contributed by atoms with Gasteiger partial charge in [-0.3, -0.25) is 9.59 Å². The minimum absolute atomic E-state index is 0.0375. The van der Waals surface area contributed by atoms with Crippen LogP contribution in [0.2, 0.25) is 0 Å². The second-order valence-electron chi connectivity index (χ2n) is 8.04. The highest BCUT2D eigenvalue weighted by molar-refractivity contribution is 8.00. The molecule has 0 unspecified atom stereocenters. The van der Waals surface area contributed by atoms with Crippen molar-refractivity contribution in [1.29, 1.82) is 0 Å². The third-order valence-electron chi connectivity index (χ3n) is 6.02. The van der Waals surface area contributed by atoms with Gasteiger partial charge in [0, 0.05) is 38.4 Å². The van der Waals surface area contributed by atoms with Crippen LogP contribution in [0.1, 0.15) is 24.8 Å². The normalized spacial score (nSPS) is 20.0. The van der Waals surface area contributed by atoms with Gasteiger partial charge in [-0.15, -0.1) is 11.8 Å². The van der Waals surface area contributed by atoms with Gasteiger partial charge in [-0.2, -0.15) is 4.31 Å². The Bertz CT molecular complexity index is 925. The Morgan fingerprint density at radius 3 is 2.39 bits per heavy atom. The highest BCUT2D eigenvalue weighted by atomic mass is 32.2. The number of hydrogen-bond acceptors (Lipinski definition) is 6. The summed E-state index contributed by atoms with van der Waals surface area (Å²) in [7, 11) is -3.48. The van der Waals surface area contributed by atoms with Crippen LogP contribution in [-0.4, -0.2) is 86.9 Å². The van der Waals surface area contributed by atoms with E-state index in [9.17, 15) is 18.0 Å². The quantitative estimate of drug-likeness (QED) is 0.628. The molecule has 2 saturated heterocycles. The van der Waals surface area contributed by atoms with Gasteiger partial charge in [-0.1, -0.05) is 6.42 Å². The first-order chi connectivity index (χ1) is 15.0. The van der Waals surface area contributed by atoms with E-state index in [4.69, 9.17) is 4.74 Å². The number of carbonyl (C=O) groups is 2. The topological polar surface area (TPSA) is 87.2 Å². The minimum Gasteiger partial charge on any atom is -0.378 e. The summed E-state index contributed by atoms with van der Waals surface area (Å²) in [6.45, 7) is 4.03. The van der Waals surface area contributed by atoms with E-state index in [0.29, 0.717) is 57.3 Å². The lowest BCUT2D eigenvalue weighted by molar-refractivity contribution is -0.132. The fourth-order valence-electron chi connectivity index (χ4n) is 4.26. The number of anilines is 1. The highest BCUT2D eigenvalue weighted by Gasteiger charge is 2.30. The fraction of sp³-hybridized carbons (Fsp3) is 0.619. The number of rotatable bonds is 6. The molecule has 0 radical (unpaired) electrons. The molecule has 3 heterocycles. The molecular formula is C21H29N3O5S2. The zero-order valence-electron chi connectivity index (χ0n) is 17.6. The molecule has 8 nitrogen and oxygen atoms in total. The van der Waals surface area contributed by atoms with Crippen LogP contribution >= 0.6 is 11.8 Å². The molecule has 31 heavy (non-hydrogen) atoms. The second kappa shape index (κ2) is 9.89. The molecule has 0 aliphatic carbocycles. The largest absolute Gasteiger partial charge is 0.378 e. The van der Waals surface area contributed by atoms with Crippen molar-refractivity contribution in [3.8, 4) is 0 Å². The van der Waals surface area contributed by atoms with Crippen molar-refractivity contribution in [2.45, 2.75) is 30.6 Å². The van der Waals surface area contributed by atoms with Crippen molar-refractivity contribution in [2.75, 3.05) is 62.3 Å². The Labute approximate surface area is 187 Å². The number of amides is 2. The molecular weight excluding hydrogens is 438 g/mol. The number of ether oxygens (including phenoxy) is 1. The number of piperidine rings is 1. The molecule has 3 aliphatic rings. The minimum atomic E-state index is -3.48. The van der Waals surface area contributed by atoms with Crippen molar-refractivity contribution >= 4 is 39.3 Å². The SMILES string of the molecule is O=C(CSCC(=O)N1CCc2cc(S(=O)(=O)N3CCCCC3)ccc21)N1CCOCC1. The number of benzene rings is 1. The van der Waals surface area contributed by atoms with E-state index in [1.54, 1.807) is 32.3 Å². The maximum Gasteiger partial charge on any atom is 0.243 e. The van der Waals surface area contributed by atoms with E-state index >= 15 is 0 Å². The molecule has 10 heteroatoms. The lowest BCUT2D eigenvalue weighted by atomic mass is 10.2. The van der Waals surface area contributed by atoms with E-state index in [1.165, 1.54) is 11.8 Å². The van der Waals surface area contributed by atoms with Crippen molar-refractivity contribution in [2.24, 2.45) is 0 Å². The summed E-state index contributed by atoms with van der Waals surface area (Å²) >= 11 is 1.33. The Morgan fingerprint density at radius 1 is 0.935 bits per heavy atom. The number of fused-ring (bicyclic) bond motifs is 1. The van der Waals surface area contributed by atoms with Crippen LogP contribution in [0, 0.1) is 0 Å². The maximum absolute atomic E-state index is 12.9. The summed E-state index contributed by atoms with van der Waals surface area (Å²) in [6, 6.07) is 5.09. The first-order valence-electron chi connectivity index (χ1n) is 10.8. The third kappa shape index (κ3) is 5.08. The number of morpholine rings is 1. The average molecular weight is 468 g/mol. The molecule has 4 rings (SSSR count). The molecule has 0 saturated carbocycles. The van der Waals surface area contributed by atoms with Crippen molar-refractivity contribution in [3.63, 3.8) is 0 Å². The molecule has 1 aromatic carbocycles. The summed E-state index contributed by atoms with van der Waals surface area (Å²) in [6.07, 6.45) is 3.52. The van der Waals surface area contributed by atoms with Gasteiger partial charge < -0.3 is 14.5 Å². The molecule has 170 valence electrons. The number of hydrogen-bond donors (Lipinski definition) is 0. The zero-order chi connectivity index (χ0) is 21.8. The van der Waals surface area contributed by atoms with Gasteiger partial charge in [-0.05, 0) is 43.0 Å². The fourth-order valence-corrected chi connectivity index (χ4v) is 6.62. The Balaban J connectivity index is 1.35. The molecule has 1 aromatic rings. The van der Waals surface area contributed by atoms with E-state index in [-0.39, 0.29) is 23.3 Å². The molecule has 0 atom stereocenters. The molecule has 3 aliphatic heterocycles. The van der Waals surface area contributed by atoms with E-state index in [1.807, 2.05) is 0 Å². The average Bonchev–Trinajstić information content (AvgIpc) is 3.23. The van der Waals surface area contributed by atoms with Gasteiger partial charge in [0.1, 0.15) is 0 Å². The molecule has 0 aromatic heterocycles.